The Bertz CT molecular complexity index is 923. The van der Waals surface area contributed by atoms with Crippen molar-refractivity contribution in [2.75, 3.05) is 10.9 Å². The molecule has 2 aromatic rings. The van der Waals surface area contributed by atoms with Crippen LogP contribution >= 0.6 is 0 Å². The normalized spacial score (nSPS) is 16.6. The molecule has 0 spiro atoms. The second kappa shape index (κ2) is 6.40. The maximum atomic E-state index is 13.1. The van der Waals surface area contributed by atoms with E-state index >= 15 is 0 Å². The average Bonchev–Trinajstić information content (AvgIpc) is 2.91. The molecule has 6 nitrogen and oxygen atoms in total. The number of anilines is 1. The number of sulfonamides is 1. The molecule has 1 N–H and O–H groups in total. The standard InChI is InChI=1S/C18H19NO5S/c1-3-24-17-9-8-14(11-15(17)18(20)21)25(22,23)19-12(2)10-13-6-4-5-7-16(13)19/h4-9,11-12H,3,10H2,1-2H3,(H,20,21). The quantitative estimate of drug-likeness (QED) is 0.885. The fourth-order valence-electron chi connectivity index (χ4n) is 3.14. The topological polar surface area (TPSA) is 83.9 Å². The molecule has 0 saturated heterocycles. The van der Waals surface area contributed by atoms with Gasteiger partial charge in [-0.05, 0) is 50.1 Å². The Hall–Kier alpha value is -2.54. The summed E-state index contributed by atoms with van der Waals surface area (Å²) in [5, 5.41) is 9.37. The third-order valence-corrected chi connectivity index (χ3v) is 6.11. The number of carboxylic acid groups (broad SMARTS) is 1. The Labute approximate surface area is 146 Å². The second-order valence-electron chi connectivity index (χ2n) is 5.88. The van der Waals surface area contributed by atoms with Gasteiger partial charge in [0.05, 0.1) is 17.2 Å². The number of para-hydroxylation sites is 1. The molecule has 0 radical (unpaired) electrons. The van der Waals surface area contributed by atoms with Gasteiger partial charge in [0.15, 0.2) is 0 Å². The van der Waals surface area contributed by atoms with Gasteiger partial charge in [-0.3, -0.25) is 4.31 Å². The zero-order valence-corrected chi connectivity index (χ0v) is 14.8. The number of nitrogens with zero attached hydrogens (tertiary/aromatic N) is 1. The third-order valence-electron chi connectivity index (χ3n) is 4.18. The van der Waals surface area contributed by atoms with Crippen molar-refractivity contribution in [2.24, 2.45) is 0 Å². The van der Waals surface area contributed by atoms with Gasteiger partial charge in [-0.15, -0.1) is 0 Å². The molecule has 0 saturated carbocycles. The average molecular weight is 361 g/mol. The van der Waals surface area contributed by atoms with Crippen LogP contribution in [0.25, 0.3) is 0 Å². The van der Waals surface area contributed by atoms with Crippen molar-refractivity contribution in [3.05, 3.63) is 53.6 Å². The summed E-state index contributed by atoms with van der Waals surface area (Å²) in [6.07, 6.45) is 0.623. The van der Waals surface area contributed by atoms with Gasteiger partial charge in [0.25, 0.3) is 10.0 Å². The van der Waals surface area contributed by atoms with E-state index in [0.29, 0.717) is 18.7 Å². The van der Waals surface area contributed by atoms with E-state index < -0.39 is 16.0 Å². The summed E-state index contributed by atoms with van der Waals surface area (Å²) < 4.78 is 32.9. The highest BCUT2D eigenvalue weighted by Crippen LogP contribution is 2.37. The van der Waals surface area contributed by atoms with Gasteiger partial charge in [0, 0.05) is 6.04 Å². The maximum absolute atomic E-state index is 13.1. The Morgan fingerprint density at radius 3 is 2.68 bits per heavy atom. The van der Waals surface area contributed by atoms with Crippen LogP contribution < -0.4 is 9.04 Å². The van der Waals surface area contributed by atoms with Crippen molar-refractivity contribution in [3.63, 3.8) is 0 Å². The molecule has 1 heterocycles. The predicted molar refractivity (Wildman–Crippen MR) is 93.8 cm³/mol. The fraction of sp³-hybridized carbons (Fsp3) is 0.278. The highest BCUT2D eigenvalue weighted by molar-refractivity contribution is 7.92. The molecule has 1 unspecified atom stereocenters. The molecule has 1 aliphatic heterocycles. The molecular formula is C18H19NO5S. The van der Waals surface area contributed by atoms with Gasteiger partial charge < -0.3 is 9.84 Å². The molecule has 7 heteroatoms. The lowest BCUT2D eigenvalue weighted by Crippen LogP contribution is -2.35. The van der Waals surface area contributed by atoms with E-state index in [1.54, 1.807) is 19.1 Å². The number of carbonyl (C=O) groups is 1. The van der Waals surface area contributed by atoms with E-state index in [1.807, 2.05) is 19.1 Å². The molecule has 25 heavy (non-hydrogen) atoms. The lowest BCUT2D eigenvalue weighted by atomic mass is 10.1. The maximum Gasteiger partial charge on any atom is 0.339 e. The molecule has 1 aliphatic rings. The molecule has 2 aromatic carbocycles. The number of hydrogen-bond acceptors (Lipinski definition) is 4. The number of hydrogen-bond donors (Lipinski definition) is 1. The first-order chi connectivity index (χ1) is 11.9. The second-order valence-corrected chi connectivity index (χ2v) is 7.69. The van der Waals surface area contributed by atoms with Crippen LogP contribution in [0.5, 0.6) is 5.75 Å². The predicted octanol–water partition coefficient (Wildman–Crippen LogP) is 2.92. The Kier molecular flexibility index (Phi) is 4.43. The number of ether oxygens (including phenoxy) is 1. The lowest BCUT2D eigenvalue weighted by molar-refractivity contribution is 0.0692. The minimum atomic E-state index is -3.87. The van der Waals surface area contributed by atoms with Crippen LogP contribution in [0, 0.1) is 0 Å². The van der Waals surface area contributed by atoms with Gasteiger partial charge in [-0.2, -0.15) is 0 Å². The highest BCUT2D eigenvalue weighted by Gasteiger charge is 2.36. The van der Waals surface area contributed by atoms with Gasteiger partial charge in [0.2, 0.25) is 0 Å². The SMILES string of the molecule is CCOc1ccc(S(=O)(=O)N2c3ccccc3CC2C)cc1C(=O)O. The Balaban J connectivity index is 2.09. The van der Waals surface area contributed by atoms with E-state index in [-0.39, 0.29) is 22.3 Å². The Morgan fingerprint density at radius 1 is 1.28 bits per heavy atom. The first kappa shape index (κ1) is 17.3. The Morgan fingerprint density at radius 2 is 2.00 bits per heavy atom. The minimum Gasteiger partial charge on any atom is -0.493 e. The molecule has 132 valence electrons. The van der Waals surface area contributed by atoms with Gasteiger partial charge in [-0.1, -0.05) is 18.2 Å². The van der Waals surface area contributed by atoms with Crippen LogP contribution in [0.3, 0.4) is 0 Å². The van der Waals surface area contributed by atoms with Crippen LogP contribution in [0.15, 0.2) is 47.4 Å². The minimum absolute atomic E-state index is 0.0584. The summed E-state index contributed by atoms with van der Waals surface area (Å²) in [6.45, 7) is 3.87. The largest absolute Gasteiger partial charge is 0.493 e. The first-order valence-electron chi connectivity index (χ1n) is 7.98. The zero-order valence-electron chi connectivity index (χ0n) is 14.0. The van der Waals surface area contributed by atoms with E-state index in [4.69, 9.17) is 4.74 Å². The van der Waals surface area contributed by atoms with E-state index in [9.17, 15) is 18.3 Å². The smallest absolute Gasteiger partial charge is 0.339 e. The molecule has 0 aromatic heterocycles. The molecular weight excluding hydrogens is 342 g/mol. The van der Waals surface area contributed by atoms with Gasteiger partial charge in [0.1, 0.15) is 11.3 Å². The van der Waals surface area contributed by atoms with Crippen LogP contribution in [0.4, 0.5) is 5.69 Å². The van der Waals surface area contributed by atoms with E-state index in [1.165, 1.54) is 16.4 Å². The first-order valence-corrected chi connectivity index (χ1v) is 9.42. The molecule has 0 aliphatic carbocycles. The summed E-state index contributed by atoms with van der Waals surface area (Å²) in [7, 11) is -3.87. The van der Waals surface area contributed by atoms with Crippen LogP contribution in [0.2, 0.25) is 0 Å². The van der Waals surface area contributed by atoms with Crippen LogP contribution in [-0.2, 0) is 16.4 Å². The number of aromatic carboxylic acids is 1. The fourth-order valence-corrected chi connectivity index (χ4v) is 4.85. The van der Waals surface area contributed by atoms with Crippen molar-refractivity contribution < 1.29 is 23.1 Å². The summed E-state index contributed by atoms with van der Waals surface area (Å²) >= 11 is 0. The highest BCUT2D eigenvalue weighted by atomic mass is 32.2. The summed E-state index contributed by atoms with van der Waals surface area (Å²) in [5.41, 5.74) is 1.44. The van der Waals surface area contributed by atoms with Crippen LogP contribution in [0.1, 0.15) is 29.8 Å². The van der Waals surface area contributed by atoms with Crippen molar-refractivity contribution >= 4 is 21.7 Å². The molecule has 3 rings (SSSR count). The van der Waals surface area contributed by atoms with E-state index in [2.05, 4.69) is 0 Å². The van der Waals surface area contributed by atoms with E-state index in [0.717, 1.165) is 11.6 Å². The van der Waals surface area contributed by atoms with Gasteiger partial charge >= 0.3 is 5.97 Å². The van der Waals surface area contributed by atoms with Crippen LogP contribution in [-0.4, -0.2) is 32.1 Å². The number of carboxylic acids is 1. The zero-order chi connectivity index (χ0) is 18.2. The number of benzene rings is 2. The monoisotopic (exact) mass is 361 g/mol. The summed E-state index contributed by atoms with van der Waals surface area (Å²) in [6, 6.07) is 11.1. The van der Waals surface area contributed by atoms with Crippen molar-refractivity contribution in [1.82, 2.24) is 0 Å². The number of fused-ring (bicyclic) bond motifs is 1. The van der Waals surface area contributed by atoms with Crippen molar-refractivity contribution in [1.29, 1.82) is 0 Å². The van der Waals surface area contributed by atoms with Crippen molar-refractivity contribution in [2.45, 2.75) is 31.2 Å². The lowest BCUT2D eigenvalue weighted by Gasteiger charge is -2.24. The van der Waals surface area contributed by atoms with Crippen molar-refractivity contribution in [3.8, 4) is 5.75 Å². The summed E-state index contributed by atoms with van der Waals surface area (Å²) in [4.78, 5) is 11.4. The molecule has 0 bridgehead atoms. The number of rotatable bonds is 5. The molecule has 0 fully saturated rings. The summed E-state index contributed by atoms with van der Waals surface area (Å²) in [5.74, 6) is -1.07. The van der Waals surface area contributed by atoms with Gasteiger partial charge in [-0.25, -0.2) is 13.2 Å². The molecule has 0 amide bonds. The molecule has 1 atom stereocenters. The third kappa shape index (κ3) is 2.95.